The van der Waals surface area contributed by atoms with Crippen molar-refractivity contribution >= 4 is 56.8 Å². The highest BCUT2D eigenvalue weighted by atomic mass is 127. The number of aromatic hydroxyl groups is 1. The maximum atomic E-state index is 9.81. The van der Waals surface area contributed by atoms with Crippen molar-refractivity contribution in [1.29, 1.82) is 0 Å². The van der Waals surface area contributed by atoms with Crippen LogP contribution in [0.2, 0.25) is 0 Å². The van der Waals surface area contributed by atoms with Crippen LogP contribution in [0.1, 0.15) is 11.1 Å². The molecule has 8 heteroatoms. The topological polar surface area (TPSA) is 99.1 Å². The van der Waals surface area contributed by atoms with E-state index in [4.69, 9.17) is 0 Å². The molecule has 4 aromatic rings. The van der Waals surface area contributed by atoms with Crippen molar-refractivity contribution < 1.29 is 5.11 Å². The predicted octanol–water partition coefficient (Wildman–Crippen LogP) is 3.57. The minimum Gasteiger partial charge on any atom is -0.507 e. The molecule has 3 N–H and O–H groups in total. The van der Waals surface area contributed by atoms with Crippen molar-refractivity contribution in [2.24, 2.45) is 5.10 Å². The van der Waals surface area contributed by atoms with Gasteiger partial charge in [0.2, 0.25) is 0 Å². The Morgan fingerprint density at radius 1 is 1.24 bits per heavy atom. The zero-order chi connectivity index (χ0) is 17.4. The summed E-state index contributed by atoms with van der Waals surface area (Å²) in [6.45, 7) is 2.03. The zero-order valence-electron chi connectivity index (χ0n) is 13.2. The lowest BCUT2D eigenvalue weighted by molar-refractivity contribution is 0.474. The molecule has 0 amide bonds. The van der Waals surface area contributed by atoms with E-state index in [-0.39, 0.29) is 11.7 Å². The van der Waals surface area contributed by atoms with Crippen molar-refractivity contribution in [2.75, 3.05) is 5.43 Å². The summed E-state index contributed by atoms with van der Waals surface area (Å²) in [5, 5.41) is 23.2. The number of phenols is 1. The summed E-state index contributed by atoms with van der Waals surface area (Å²) >= 11 is 2.17. The lowest BCUT2D eigenvalue weighted by Crippen LogP contribution is -1.99. The molecule has 2 aromatic carbocycles. The summed E-state index contributed by atoms with van der Waals surface area (Å²) in [6.07, 6.45) is 1.51. The van der Waals surface area contributed by atoms with Gasteiger partial charge >= 0.3 is 0 Å². The average molecular weight is 444 g/mol. The molecule has 2 heterocycles. The smallest absolute Gasteiger partial charge is 0.265 e. The van der Waals surface area contributed by atoms with Gasteiger partial charge in [-0.1, -0.05) is 18.2 Å². The van der Waals surface area contributed by atoms with Crippen molar-refractivity contribution in [2.45, 2.75) is 6.92 Å². The number of phenolic OH excluding ortho intramolecular Hbond substituents is 1. The Balaban J connectivity index is 1.64. The summed E-state index contributed by atoms with van der Waals surface area (Å²) < 4.78 is 1.00. The number of benzene rings is 2. The van der Waals surface area contributed by atoms with E-state index in [9.17, 15) is 5.11 Å². The molecule has 0 fully saturated rings. The molecule has 4 rings (SSSR count). The molecule has 2 aromatic heterocycles. The van der Waals surface area contributed by atoms with Crippen LogP contribution in [0.15, 0.2) is 41.5 Å². The van der Waals surface area contributed by atoms with Gasteiger partial charge in [-0.15, -0.1) is 10.2 Å². The van der Waals surface area contributed by atoms with E-state index in [0.29, 0.717) is 11.2 Å². The molecule has 0 atom stereocenters. The number of fused-ring (bicyclic) bond motifs is 3. The minimum absolute atomic E-state index is 0.159. The third-order valence-electron chi connectivity index (χ3n) is 3.82. The monoisotopic (exact) mass is 444 g/mol. The summed E-state index contributed by atoms with van der Waals surface area (Å²) in [5.41, 5.74) is 6.85. The fourth-order valence-electron chi connectivity index (χ4n) is 2.58. The normalized spacial score (nSPS) is 11.6. The molecule has 0 aliphatic carbocycles. The lowest BCUT2D eigenvalue weighted by Gasteiger charge is -2.00. The van der Waals surface area contributed by atoms with Crippen LogP contribution in [0.3, 0.4) is 0 Å². The van der Waals surface area contributed by atoms with Gasteiger partial charge in [-0.2, -0.15) is 10.1 Å². The van der Waals surface area contributed by atoms with Crippen molar-refractivity contribution in [3.05, 3.63) is 51.1 Å². The van der Waals surface area contributed by atoms with Crippen LogP contribution in [0.4, 0.5) is 5.95 Å². The summed E-state index contributed by atoms with van der Waals surface area (Å²) in [6, 6.07) is 11.3. The standard InChI is InChI=1S/C17H13IN6O/c1-9-3-2-4-12-14(9)20-16-15(12)22-24-17(21-16)23-19-8-10-7-11(18)5-6-13(10)25/h2-8,25H,1H3,(H2,20,21,23,24)/b19-8-. The highest BCUT2D eigenvalue weighted by Crippen LogP contribution is 2.24. The number of anilines is 1. The van der Waals surface area contributed by atoms with Crippen LogP contribution in [0.25, 0.3) is 22.1 Å². The van der Waals surface area contributed by atoms with E-state index in [2.05, 4.69) is 53.3 Å². The molecule has 0 saturated heterocycles. The van der Waals surface area contributed by atoms with Gasteiger partial charge in [-0.3, -0.25) is 0 Å². The van der Waals surface area contributed by atoms with Crippen LogP contribution >= 0.6 is 22.6 Å². The molecule has 0 aliphatic heterocycles. The van der Waals surface area contributed by atoms with E-state index in [1.165, 1.54) is 6.21 Å². The van der Waals surface area contributed by atoms with Crippen LogP contribution < -0.4 is 5.43 Å². The van der Waals surface area contributed by atoms with E-state index >= 15 is 0 Å². The van der Waals surface area contributed by atoms with Gasteiger partial charge in [0.15, 0.2) is 5.65 Å². The molecule has 0 radical (unpaired) electrons. The minimum atomic E-state index is 0.159. The van der Waals surface area contributed by atoms with Gasteiger partial charge in [0.25, 0.3) is 5.95 Å². The SMILES string of the molecule is Cc1cccc2c1[nH]c1nc(N/N=C\c3cc(I)ccc3O)nnc12. The fraction of sp³-hybridized carbons (Fsp3) is 0.0588. The van der Waals surface area contributed by atoms with Gasteiger partial charge in [-0.25, -0.2) is 5.43 Å². The number of hydrogen-bond donors (Lipinski definition) is 3. The highest BCUT2D eigenvalue weighted by Gasteiger charge is 2.10. The van der Waals surface area contributed by atoms with Crippen molar-refractivity contribution in [3.63, 3.8) is 0 Å². The number of aryl methyl sites for hydroxylation is 1. The molecule has 0 bridgehead atoms. The first-order chi connectivity index (χ1) is 12.1. The van der Waals surface area contributed by atoms with Gasteiger partial charge in [0, 0.05) is 14.5 Å². The first-order valence-corrected chi connectivity index (χ1v) is 8.59. The molecule has 0 unspecified atom stereocenters. The Bertz CT molecular complexity index is 1120. The van der Waals surface area contributed by atoms with Crippen molar-refractivity contribution in [1.82, 2.24) is 20.2 Å². The molecular weight excluding hydrogens is 431 g/mol. The molecule has 0 saturated carbocycles. The van der Waals surface area contributed by atoms with Gasteiger partial charge in [-0.05, 0) is 53.3 Å². The van der Waals surface area contributed by atoms with Crippen LogP contribution in [0, 0.1) is 10.5 Å². The highest BCUT2D eigenvalue weighted by molar-refractivity contribution is 14.1. The van der Waals surface area contributed by atoms with Gasteiger partial charge < -0.3 is 10.1 Å². The Hall–Kier alpha value is -2.75. The number of nitrogens with one attached hydrogen (secondary N) is 2. The quantitative estimate of drug-likeness (QED) is 0.255. The summed E-state index contributed by atoms with van der Waals surface area (Å²) in [5.74, 6) is 0.435. The summed E-state index contributed by atoms with van der Waals surface area (Å²) in [4.78, 5) is 7.67. The molecule has 124 valence electrons. The van der Waals surface area contributed by atoms with Crippen LogP contribution in [-0.4, -0.2) is 31.5 Å². The second-order valence-corrected chi connectivity index (χ2v) is 6.77. The van der Waals surface area contributed by atoms with Gasteiger partial charge in [0.1, 0.15) is 11.3 Å². The molecule has 0 aliphatic rings. The fourth-order valence-corrected chi connectivity index (χ4v) is 3.09. The third kappa shape index (κ3) is 3.00. The maximum Gasteiger partial charge on any atom is 0.265 e. The van der Waals surface area contributed by atoms with Crippen LogP contribution in [-0.2, 0) is 0 Å². The molecule has 0 spiro atoms. The number of aromatic nitrogens is 4. The number of para-hydroxylation sites is 1. The first-order valence-electron chi connectivity index (χ1n) is 7.51. The molecular formula is C17H13IN6O. The van der Waals surface area contributed by atoms with Gasteiger partial charge in [0.05, 0.1) is 11.7 Å². The first kappa shape index (κ1) is 15.8. The Kier molecular flexibility index (Phi) is 3.96. The molecule has 25 heavy (non-hydrogen) atoms. The number of H-pyrrole nitrogens is 1. The average Bonchev–Trinajstić information content (AvgIpc) is 2.97. The number of hydrazone groups is 1. The van der Waals surface area contributed by atoms with E-state index in [1.807, 2.05) is 37.3 Å². The second kappa shape index (κ2) is 6.28. The van der Waals surface area contributed by atoms with E-state index < -0.39 is 0 Å². The Morgan fingerprint density at radius 3 is 3.00 bits per heavy atom. The zero-order valence-corrected chi connectivity index (χ0v) is 15.3. The van der Waals surface area contributed by atoms with E-state index in [1.54, 1.807) is 6.07 Å². The largest absolute Gasteiger partial charge is 0.507 e. The Labute approximate surface area is 156 Å². The van der Waals surface area contributed by atoms with Crippen LogP contribution in [0.5, 0.6) is 5.75 Å². The number of aromatic amines is 1. The Morgan fingerprint density at radius 2 is 2.12 bits per heavy atom. The third-order valence-corrected chi connectivity index (χ3v) is 4.49. The lowest BCUT2D eigenvalue weighted by atomic mass is 10.1. The predicted molar refractivity (Wildman–Crippen MR) is 106 cm³/mol. The number of nitrogens with zero attached hydrogens (tertiary/aromatic N) is 4. The van der Waals surface area contributed by atoms with E-state index in [0.717, 1.165) is 25.6 Å². The van der Waals surface area contributed by atoms with Crippen molar-refractivity contribution in [3.8, 4) is 5.75 Å². The summed E-state index contributed by atoms with van der Waals surface area (Å²) in [7, 11) is 0. The maximum absolute atomic E-state index is 9.81. The number of hydrogen-bond acceptors (Lipinski definition) is 6. The number of halogens is 1. The number of rotatable bonds is 3. The molecule has 7 nitrogen and oxygen atoms in total. The second-order valence-electron chi connectivity index (χ2n) is 5.53.